The fourth-order valence-corrected chi connectivity index (χ4v) is 2.81. The number of benzene rings is 1. The van der Waals surface area contributed by atoms with Crippen LogP contribution in [0.15, 0.2) is 24.3 Å². The smallest absolute Gasteiger partial charge is 0.410 e. The second kappa shape index (κ2) is 9.43. The maximum absolute atomic E-state index is 12.3. The quantitative estimate of drug-likeness (QED) is 0.769. The Morgan fingerprint density at radius 3 is 2.21 bits per heavy atom. The van der Waals surface area contributed by atoms with E-state index in [-0.39, 0.29) is 17.9 Å². The van der Waals surface area contributed by atoms with E-state index in [0.29, 0.717) is 43.9 Å². The second-order valence-electron chi connectivity index (χ2n) is 7.64. The van der Waals surface area contributed by atoms with Gasteiger partial charge in [-0.3, -0.25) is 20.4 Å². The minimum atomic E-state index is -0.545. The lowest BCUT2D eigenvalue weighted by Gasteiger charge is -2.32. The van der Waals surface area contributed by atoms with Crippen LogP contribution in [-0.4, -0.2) is 48.1 Å². The molecule has 0 aliphatic carbocycles. The first kappa shape index (κ1) is 21.5. The first-order valence-electron chi connectivity index (χ1n) is 9.50. The van der Waals surface area contributed by atoms with E-state index in [9.17, 15) is 14.4 Å². The van der Waals surface area contributed by atoms with Crippen molar-refractivity contribution in [1.82, 2.24) is 15.8 Å². The molecule has 0 spiro atoms. The Hall–Kier alpha value is -2.77. The van der Waals surface area contributed by atoms with Gasteiger partial charge in [0, 0.05) is 24.6 Å². The second-order valence-corrected chi connectivity index (χ2v) is 7.64. The van der Waals surface area contributed by atoms with Gasteiger partial charge >= 0.3 is 6.09 Å². The van der Waals surface area contributed by atoms with Crippen LogP contribution in [0, 0.1) is 5.92 Å². The number of nitrogens with zero attached hydrogens (tertiary/aromatic N) is 1. The number of piperidine rings is 1. The summed E-state index contributed by atoms with van der Waals surface area (Å²) in [6, 6.07) is 6.66. The zero-order valence-corrected chi connectivity index (χ0v) is 16.9. The number of carbonyl (C=O) groups excluding carboxylic acids is 3. The predicted octanol–water partition coefficient (Wildman–Crippen LogP) is 2.49. The van der Waals surface area contributed by atoms with Gasteiger partial charge in [0.25, 0.3) is 5.91 Å². The van der Waals surface area contributed by atoms with Crippen molar-refractivity contribution in [2.75, 3.05) is 19.7 Å². The molecule has 0 radical (unpaired) electrons. The number of hydrogen-bond acceptors (Lipinski definition) is 5. The fourth-order valence-electron chi connectivity index (χ4n) is 2.81. The lowest BCUT2D eigenvalue weighted by Crippen LogP contribution is -2.48. The Kier molecular flexibility index (Phi) is 7.25. The highest BCUT2D eigenvalue weighted by Gasteiger charge is 2.30. The van der Waals surface area contributed by atoms with Crippen molar-refractivity contribution in [1.29, 1.82) is 0 Å². The normalized spacial score (nSPS) is 14.9. The average Bonchev–Trinajstić information content (AvgIpc) is 2.65. The lowest BCUT2D eigenvalue weighted by molar-refractivity contribution is -0.127. The predicted molar refractivity (Wildman–Crippen MR) is 104 cm³/mol. The lowest BCUT2D eigenvalue weighted by atomic mass is 9.96. The molecule has 3 amide bonds. The number of nitrogens with one attached hydrogen (secondary N) is 2. The third-order valence-corrected chi connectivity index (χ3v) is 4.24. The van der Waals surface area contributed by atoms with E-state index in [0.717, 1.165) is 0 Å². The van der Waals surface area contributed by atoms with Gasteiger partial charge in [-0.25, -0.2) is 4.79 Å². The van der Waals surface area contributed by atoms with Gasteiger partial charge in [-0.15, -0.1) is 0 Å². The van der Waals surface area contributed by atoms with Crippen molar-refractivity contribution in [3.8, 4) is 5.75 Å². The van der Waals surface area contributed by atoms with Crippen LogP contribution in [0.2, 0.25) is 0 Å². The minimum absolute atomic E-state index is 0.261. The summed E-state index contributed by atoms with van der Waals surface area (Å²) in [5.74, 6) is -0.245. The van der Waals surface area contributed by atoms with Gasteiger partial charge in [0.1, 0.15) is 11.4 Å². The maximum Gasteiger partial charge on any atom is 0.410 e. The largest absolute Gasteiger partial charge is 0.494 e. The number of likely N-dealkylation sites (tertiary alicyclic amines) is 1. The Balaban J connectivity index is 1.76. The van der Waals surface area contributed by atoms with Gasteiger partial charge in [-0.05, 0) is 64.8 Å². The van der Waals surface area contributed by atoms with Crippen LogP contribution in [0.1, 0.15) is 50.9 Å². The van der Waals surface area contributed by atoms with Crippen LogP contribution >= 0.6 is 0 Å². The highest BCUT2D eigenvalue weighted by atomic mass is 16.6. The van der Waals surface area contributed by atoms with Crippen LogP contribution in [0.5, 0.6) is 5.75 Å². The molecule has 1 heterocycles. The zero-order valence-electron chi connectivity index (χ0n) is 16.9. The summed E-state index contributed by atoms with van der Waals surface area (Å²) in [6.45, 7) is 8.77. The Bertz CT molecular complexity index is 689. The molecule has 154 valence electrons. The number of amides is 3. The first-order valence-corrected chi connectivity index (χ1v) is 9.50. The molecule has 1 fully saturated rings. The van der Waals surface area contributed by atoms with Gasteiger partial charge < -0.3 is 14.4 Å². The summed E-state index contributed by atoms with van der Waals surface area (Å²) < 4.78 is 10.7. The molecule has 0 unspecified atom stereocenters. The molecule has 1 saturated heterocycles. The molecule has 2 N–H and O–H groups in total. The maximum atomic E-state index is 12.3. The molecule has 0 saturated carbocycles. The third-order valence-electron chi connectivity index (χ3n) is 4.24. The molecule has 1 aliphatic rings. The Labute approximate surface area is 165 Å². The fraction of sp³-hybridized carbons (Fsp3) is 0.550. The van der Waals surface area contributed by atoms with Crippen molar-refractivity contribution < 1.29 is 23.9 Å². The van der Waals surface area contributed by atoms with Crippen molar-refractivity contribution in [3.63, 3.8) is 0 Å². The Morgan fingerprint density at radius 1 is 1.07 bits per heavy atom. The highest BCUT2D eigenvalue weighted by Crippen LogP contribution is 2.19. The van der Waals surface area contributed by atoms with Gasteiger partial charge in [0.05, 0.1) is 6.61 Å². The van der Waals surface area contributed by atoms with E-state index in [1.807, 2.05) is 27.7 Å². The number of hydrazine groups is 1. The van der Waals surface area contributed by atoms with Gasteiger partial charge in [-0.2, -0.15) is 0 Å². The monoisotopic (exact) mass is 391 g/mol. The molecule has 8 heteroatoms. The summed E-state index contributed by atoms with van der Waals surface area (Å²) in [5, 5.41) is 0. The number of carbonyl (C=O) groups is 3. The SMILES string of the molecule is CCOc1ccc(C(=O)NNC(=O)C2CCN(C(=O)OC(C)(C)C)CC2)cc1. The molecule has 1 aromatic rings. The van der Waals surface area contributed by atoms with Gasteiger partial charge in [0.15, 0.2) is 0 Å². The van der Waals surface area contributed by atoms with Crippen LogP contribution < -0.4 is 15.6 Å². The molecule has 0 aromatic heterocycles. The van der Waals surface area contributed by atoms with E-state index >= 15 is 0 Å². The minimum Gasteiger partial charge on any atom is -0.494 e. The third kappa shape index (κ3) is 6.44. The van der Waals surface area contributed by atoms with E-state index in [1.54, 1.807) is 29.2 Å². The topological polar surface area (TPSA) is 97.0 Å². The number of ether oxygens (including phenoxy) is 2. The van der Waals surface area contributed by atoms with Crippen molar-refractivity contribution in [2.45, 2.75) is 46.1 Å². The van der Waals surface area contributed by atoms with E-state index < -0.39 is 11.5 Å². The molecule has 1 aliphatic heterocycles. The van der Waals surface area contributed by atoms with E-state index in [4.69, 9.17) is 9.47 Å². The van der Waals surface area contributed by atoms with Crippen molar-refractivity contribution in [3.05, 3.63) is 29.8 Å². The summed E-state index contributed by atoms with van der Waals surface area (Å²) in [4.78, 5) is 38.1. The number of rotatable bonds is 4. The molecular weight excluding hydrogens is 362 g/mol. The molecule has 0 atom stereocenters. The summed E-state index contributed by atoms with van der Waals surface area (Å²) in [7, 11) is 0. The molecular formula is C20H29N3O5. The van der Waals surface area contributed by atoms with Crippen LogP contribution in [0.3, 0.4) is 0 Å². The summed E-state index contributed by atoms with van der Waals surface area (Å²) in [6.07, 6.45) is 0.670. The molecule has 2 rings (SSSR count). The van der Waals surface area contributed by atoms with Crippen molar-refractivity contribution in [2.24, 2.45) is 5.92 Å². The molecule has 0 bridgehead atoms. The van der Waals surface area contributed by atoms with Crippen LogP contribution in [-0.2, 0) is 9.53 Å². The standard InChI is InChI=1S/C20H29N3O5/c1-5-27-16-8-6-14(7-9-16)17(24)21-22-18(25)15-10-12-23(13-11-15)19(26)28-20(2,3)4/h6-9,15H,5,10-13H2,1-4H3,(H,21,24)(H,22,25). The summed E-state index contributed by atoms with van der Waals surface area (Å²) in [5.41, 5.74) is 4.77. The average molecular weight is 391 g/mol. The number of hydrogen-bond donors (Lipinski definition) is 2. The van der Waals surface area contributed by atoms with Crippen LogP contribution in [0.25, 0.3) is 0 Å². The molecule has 8 nitrogen and oxygen atoms in total. The van der Waals surface area contributed by atoms with E-state index in [1.165, 1.54) is 0 Å². The van der Waals surface area contributed by atoms with Crippen molar-refractivity contribution >= 4 is 17.9 Å². The zero-order chi connectivity index (χ0) is 20.7. The first-order chi connectivity index (χ1) is 13.2. The summed E-state index contributed by atoms with van der Waals surface area (Å²) >= 11 is 0. The van der Waals surface area contributed by atoms with Crippen LogP contribution in [0.4, 0.5) is 4.79 Å². The van der Waals surface area contributed by atoms with E-state index in [2.05, 4.69) is 10.9 Å². The van der Waals surface area contributed by atoms with Gasteiger partial charge in [0.2, 0.25) is 5.91 Å². The van der Waals surface area contributed by atoms with Gasteiger partial charge in [-0.1, -0.05) is 0 Å². The Morgan fingerprint density at radius 2 is 1.68 bits per heavy atom. The highest BCUT2D eigenvalue weighted by molar-refractivity contribution is 5.95. The molecule has 1 aromatic carbocycles. The molecule has 28 heavy (non-hydrogen) atoms.